The molecule has 2 aromatic rings. The van der Waals surface area contributed by atoms with Gasteiger partial charge >= 0.3 is 6.03 Å². The van der Waals surface area contributed by atoms with Gasteiger partial charge in [-0.2, -0.15) is 0 Å². The molecular weight excluding hydrogens is 374 g/mol. The van der Waals surface area contributed by atoms with E-state index in [0.29, 0.717) is 16.9 Å². The number of hydrogen-bond acceptors (Lipinski definition) is 6. The molecule has 1 aliphatic rings. The summed E-state index contributed by atoms with van der Waals surface area (Å²) >= 11 is 0. The van der Waals surface area contributed by atoms with Crippen LogP contribution in [0.2, 0.25) is 0 Å². The summed E-state index contributed by atoms with van der Waals surface area (Å²) in [6.07, 6.45) is 2.58. The van der Waals surface area contributed by atoms with E-state index in [0.717, 1.165) is 17.2 Å². The highest BCUT2D eigenvalue weighted by molar-refractivity contribution is 6.06. The van der Waals surface area contributed by atoms with Gasteiger partial charge in [-0.25, -0.2) is 13.6 Å². The summed E-state index contributed by atoms with van der Waals surface area (Å²) in [7, 11) is 2.47. The predicted octanol–water partition coefficient (Wildman–Crippen LogP) is 3.15. The topological polar surface area (TPSA) is 87.5 Å². The van der Waals surface area contributed by atoms with Crippen molar-refractivity contribution in [3.05, 3.63) is 41.2 Å². The molecule has 28 heavy (non-hydrogen) atoms. The van der Waals surface area contributed by atoms with Gasteiger partial charge in [0.05, 0.1) is 38.4 Å². The van der Waals surface area contributed by atoms with Crippen molar-refractivity contribution in [3.8, 4) is 11.5 Å². The smallest absolute Gasteiger partial charge is 0.329 e. The van der Waals surface area contributed by atoms with Gasteiger partial charge in [0.2, 0.25) is 0 Å². The van der Waals surface area contributed by atoms with E-state index in [4.69, 9.17) is 14.7 Å². The molecule has 10 heteroatoms. The van der Waals surface area contributed by atoms with Crippen LogP contribution in [0, 0.1) is 11.6 Å². The average molecular weight is 392 g/mol. The highest BCUT2D eigenvalue weighted by Gasteiger charge is 2.36. The number of oxime groups is 1. The number of ether oxygens (including phenoxy) is 2. The SMILES string of the molecule is CCN1C(=O)N(c2c(F)c(OC)cc(OC)c2F)Cc2cnc(C=NO)cc21. The third-order valence-electron chi connectivity index (χ3n) is 4.39. The largest absolute Gasteiger partial charge is 0.493 e. The molecule has 2 amide bonds. The number of benzene rings is 1. The molecule has 0 saturated heterocycles. The second kappa shape index (κ2) is 7.67. The third kappa shape index (κ3) is 3.06. The van der Waals surface area contributed by atoms with E-state index < -0.39 is 23.4 Å². The van der Waals surface area contributed by atoms with E-state index in [1.54, 1.807) is 13.0 Å². The highest BCUT2D eigenvalue weighted by Crippen LogP contribution is 2.40. The Morgan fingerprint density at radius 2 is 1.89 bits per heavy atom. The minimum atomic E-state index is -1.01. The van der Waals surface area contributed by atoms with Crippen molar-refractivity contribution in [2.24, 2.45) is 5.16 Å². The first-order chi connectivity index (χ1) is 13.5. The Kier molecular flexibility index (Phi) is 5.30. The summed E-state index contributed by atoms with van der Waals surface area (Å²) in [5.74, 6) is -2.51. The second-order valence-electron chi connectivity index (χ2n) is 5.85. The van der Waals surface area contributed by atoms with Crippen LogP contribution in [0.4, 0.5) is 25.0 Å². The maximum atomic E-state index is 14.9. The number of methoxy groups -OCH3 is 2. The van der Waals surface area contributed by atoms with Gasteiger partial charge in [-0.05, 0) is 13.0 Å². The van der Waals surface area contributed by atoms with Gasteiger partial charge in [0.15, 0.2) is 23.1 Å². The predicted molar refractivity (Wildman–Crippen MR) is 97.7 cm³/mol. The van der Waals surface area contributed by atoms with Crippen molar-refractivity contribution in [1.82, 2.24) is 4.98 Å². The maximum Gasteiger partial charge on any atom is 0.329 e. The fourth-order valence-electron chi connectivity index (χ4n) is 3.07. The van der Waals surface area contributed by atoms with Gasteiger partial charge in [-0.1, -0.05) is 5.16 Å². The second-order valence-corrected chi connectivity index (χ2v) is 5.85. The van der Waals surface area contributed by atoms with E-state index in [1.165, 1.54) is 25.3 Å². The molecule has 0 fully saturated rings. The number of carbonyl (C=O) groups excluding carboxylic acids is 1. The summed E-state index contributed by atoms with van der Waals surface area (Å²) in [5.41, 5.74) is 0.856. The van der Waals surface area contributed by atoms with E-state index in [9.17, 15) is 13.6 Å². The number of hydrogen-bond donors (Lipinski definition) is 1. The lowest BCUT2D eigenvalue weighted by atomic mass is 10.1. The van der Waals surface area contributed by atoms with E-state index in [2.05, 4.69) is 10.1 Å². The molecule has 0 bridgehead atoms. The normalized spacial score (nSPS) is 13.8. The van der Waals surface area contributed by atoms with Crippen LogP contribution in [0.3, 0.4) is 0 Å². The lowest BCUT2D eigenvalue weighted by molar-refractivity contribution is 0.249. The summed E-state index contributed by atoms with van der Waals surface area (Å²) in [6, 6.07) is 2.02. The lowest BCUT2D eigenvalue weighted by Gasteiger charge is -2.36. The van der Waals surface area contributed by atoms with E-state index in [1.807, 2.05) is 0 Å². The molecule has 0 radical (unpaired) electrons. The van der Waals surface area contributed by atoms with Crippen LogP contribution in [-0.4, -0.2) is 43.2 Å². The minimum absolute atomic E-state index is 0.113. The molecule has 8 nitrogen and oxygen atoms in total. The Balaban J connectivity index is 2.16. The van der Waals surface area contributed by atoms with Crippen LogP contribution in [-0.2, 0) is 6.54 Å². The molecule has 1 aromatic heterocycles. The number of halogens is 2. The Labute approximate surface area is 159 Å². The van der Waals surface area contributed by atoms with Crippen molar-refractivity contribution in [2.45, 2.75) is 13.5 Å². The molecule has 148 valence electrons. The van der Waals surface area contributed by atoms with E-state index >= 15 is 0 Å². The third-order valence-corrected chi connectivity index (χ3v) is 4.39. The molecule has 1 aliphatic heterocycles. The molecule has 2 heterocycles. The summed E-state index contributed by atoms with van der Waals surface area (Å²) < 4.78 is 39.7. The first-order valence-corrected chi connectivity index (χ1v) is 8.32. The van der Waals surface area contributed by atoms with Gasteiger partial charge in [-0.15, -0.1) is 0 Å². The number of carbonyl (C=O) groups is 1. The summed E-state index contributed by atoms with van der Waals surface area (Å²) in [4.78, 5) is 19.5. The van der Waals surface area contributed by atoms with Crippen molar-refractivity contribution >= 4 is 23.6 Å². The van der Waals surface area contributed by atoms with Gasteiger partial charge in [0.1, 0.15) is 5.69 Å². The number of rotatable bonds is 5. The molecule has 3 rings (SSSR count). The van der Waals surface area contributed by atoms with Crippen LogP contribution in [0.1, 0.15) is 18.2 Å². The fourth-order valence-corrected chi connectivity index (χ4v) is 3.07. The standard InChI is InChI=1S/C18H18F2N4O4/c1-4-23-12-5-11(8-22-26)21-7-10(12)9-24(18(23)25)17-15(19)13(27-2)6-14(28-3)16(17)20/h5-8,26H,4,9H2,1-3H3. The molecule has 0 saturated carbocycles. The zero-order chi connectivity index (χ0) is 20.4. The maximum absolute atomic E-state index is 14.9. The molecule has 1 aromatic carbocycles. The molecule has 1 N–H and O–H groups in total. The number of nitrogens with zero attached hydrogens (tertiary/aromatic N) is 4. The Morgan fingerprint density at radius 3 is 2.43 bits per heavy atom. The number of urea groups is 1. The number of pyridine rings is 1. The highest BCUT2D eigenvalue weighted by atomic mass is 19.1. The summed E-state index contributed by atoms with van der Waals surface area (Å²) in [5, 5.41) is 11.6. The lowest BCUT2D eigenvalue weighted by Crippen LogP contribution is -2.48. The van der Waals surface area contributed by atoms with E-state index in [-0.39, 0.29) is 24.6 Å². The van der Waals surface area contributed by atoms with Crippen LogP contribution in [0.15, 0.2) is 23.5 Å². The van der Waals surface area contributed by atoms with Gasteiger partial charge in [-0.3, -0.25) is 14.8 Å². The van der Waals surface area contributed by atoms with Crippen LogP contribution in [0.25, 0.3) is 0 Å². The molecule has 0 unspecified atom stereocenters. The zero-order valence-corrected chi connectivity index (χ0v) is 15.4. The number of aromatic nitrogens is 1. The van der Waals surface area contributed by atoms with Crippen molar-refractivity contribution in [1.29, 1.82) is 0 Å². The van der Waals surface area contributed by atoms with Crippen LogP contribution >= 0.6 is 0 Å². The van der Waals surface area contributed by atoms with Gasteiger partial charge in [0.25, 0.3) is 0 Å². The van der Waals surface area contributed by atoms with Crippen molar-refractivity contribution < 1.29 is 28.3 Å². The Hall–Kier alpha value is -3.43. The zero-order valence-electron chi connectivity index (χ0n) is 15.4. The van der Waals surface area contributed by atoms with Crippen LogP contribution in [0.5, 0.6) is 11.5 Å². The molecular formula is C18H18F2N4O4. The van der Waals surface area contributed by atoms with Crippen molar-refractivity contribution in [3.63, 3.8) is 0 Å². The average Bonchev–Trinajstić information content (AvgIpc) is 2.69. The van der Waals surface area contributed by atoms with Gasteiger partial charge < -0.3 is 14.7 Å². The number of amides is 2. The molecule has 0 spiro atoms. The first kappa shape index (κ1) is 19.3. The van der Waals surface area contributed by atoms with Crippen molar-refractivity contribution in [2.75, 3.05) is 30.6 Å². The molecule has 0 atom stereocenters. The van der Waals surface area contributed by atoms with Crippen LogP contribution < -0.4 is 19.3 Å². The van der Waals surface area contributed by atoms with Gasteiger partial charge in [0, 0.05) is 24.4 Å². The molecule has 0 aliphatic carbocycles. The quantitative estimate of drug-likeness (QED) is 0.480. The number of anilines is 2. The minimum Gasteiger partial charge on any atom is -0.493 e. The Morgan fingerprint density at radius 1 is 1.25 bits per heavy atom. The first-order valence-electron chi connectivity index (χ1n) is 8.32. The monoisotopic (exact) mass is 392 g/mol. The number of fused-ring (bicyclic) bond motifs is 1. The fraction of sp³-hybridized carbons (Fsp3) is 0.278. The Bertz CT molecular complexity index is 923. The summed E-state index contributed by atoms with van der Waals surface area (Å²) in [6.45, 7) is 1.86.